The van der Waals surface area contributed by atoms with E-state index in [0.29, 0.717) is 17.8 Å². The van der Waals surface area contributed by atoms with Gasteiger partial charge in [0.15, 0.2) is 0 Å². The Morgan fingerprint density at radius 3 is 3.15 bits per heavy atom. The SMILES string of the molecule is CC1(CNC(=O)c2ccc(C#CCCO)s2)CCCO1. The van der Waals surface area contributed by atoms with Gasteiger partial charge in [0, 0.05) is 19.6 Å². The van der Waals surface area contributed by atoms with Crippen LogP contribution < -0.4 is 5.32 Å². The number of nitrogens with one attached hydrogen (secondary N) is 1. The van der Waals surface area contributed by atoms with Crippen LogP contribution in [0.25, 0.3) is 0 Å². The van der Waals surface area contributed by atoms with E-state index in [1.54, 1.807) is 6.07 Å². The second-order valence-corrected chi connectivity index (χ2v) is 6.11. The number of amides is 1. The first kappa shape index (κ1) is 15.0. The van der Waals surface area contributed by atoms with E-state index in [2.05, 4.69) is 17.2 Å². The van der Waals surface area contributed by atoms with Crippen LogP contribution >= 0.6 is 11.3 Å². The minimum absolute atomic E-state index is 0.0598. The summed E-state index contributed by atoms with van der Waals surface area (Å²) < 4.78 is 5.64. The molecule has 1 aromatic rings. The van der Waals surface area contributed by atoms with Crippen LogP contribution in [0.15, 0.2) is 12.1 Å². The molecular formula is C15H19NO3S. The summed E-state index contributed by atoms with van der Waals surface area (Å²) in [4.78, 5) is 13.5. The topological polar surface area (TPSA) is 58.6 Å². The predicted molar refractivity (Wildman–Crippen MR) is 78.8 cm³/mol. The Labute approximate surface area is 123 Å². The Hall–Kier alpha value is -1.35. The van der Waals surface area contributed by atoms with Crippen LogP contribution in [-0.2, 0) is 4.74 Å². The normalized spacial score (nSPS) is 21.3. The van der Waals surface area contributed by atoms with E-state index >= 15 is 0 Å². The van der Waals surface area contributed by atoms with E-state index in [1.165, 1.54) is 11.3 Å². The zero-order valence-corrected chi connectivity index (χ0v) is 12.4. The highest BCUT2D eigenvalue weighted by Gasteiger charge is 2.30. The smallest absolute Gasteiger partial charge is 0.261 e. The number of rotatable bonds is 4. The first-order valence-corrected chi connectivity index (χ1v) is 7.56. The highest BCUT2D eigenvalue weighted by molar-refractivity contribution is 7.14. The maximum atomic E-state index is 12.0. The number of aliphatic hydroxyl groups excluding tert-OH is 1. The maximum Gasteiger partial charge on any atom is 0.261 e. The van der Waals surface area contributed by atoms with Crippen molar-refractivity contribution in [1.29, 1.82) is 0 Å². The zero-order chi connectivity index (χ0) is 14.4. The lowest BCUT2D eigenvalue weighted by atomic mass is 10.0. The molecule has 5 heteroatoms. The summed E-state index contributed by atoms with van der Waals surface area (Å²) in [5, 5.41) is 11.6. The Kier molecular flexibility index (Phi) is 5.18. The highest BCUT2D eigenvalue weighted by Crippen LogP contribution is 2.24. The molecule has 20 heavy (non-hydrogen) atoms. The Balaban J connectivity index is 1.88. The Morgan fingerprint density at radius 2 is 2.45 bits per heavy atom. The quantitative estimate of drug-likeness (QED) is 0.832. The third kappa shape index (κ3) is 4.07. The van der Waals surface area contributed by atoms with Gasteiger partial charge in [-0.3, -0.25) is 4.79 Å². The molecule has 0 aromatic carbocycles. The standard InChI is InChI=1S/C15H19NO3S/c1-15(8-4-10-19-15)11-16-14(18)13-7-6-12(20-13)5-2-3-9-17/h6-7,17H,3-4,8-11H2,1H3,(H,16,18). The highest BCUT2D eigenvalue weighted by atomic mass is 32.1. The molecule has 1 aromatic heterocycles. The minimum Gasteiger partial charge on any atom is -0.395 e. The van der Waals surface area contributed by atoms with Gasteiger partial charge in [-0.15, -0.1) is 11.3 Å². The fourth-order valence-corrected chi connectivity index (χ4v) is 2.86. The van der Waals surface area contributed by atoms with Crippen molar-refractivity contribution in [2.24, 2.45) is 0 Å². The fourth-order valence-electron chi connectivity index (χ4n) is 2.06. The van der Waals surface area contributed by atoms with Crippen LogP contribution in [-0.4, -0.2) is 36.4 Å². The third-order valence-corrected chi connectivity index (χ3v) is 4.20. The van der Waals surface area contributed by atoms with E-state index in [-0.39, 0.29) is 18.1 Å². The molecular weight excluding hydrogens is 274 g/mol. The number of carbonyl (C=O) groups is 1. The van der Waals surface area contributed by atoms with Crippen LogP contribution in [0.5, 0.6) is 0 Å². The van der Waals surface area contributed by atoms with Gasteiger partial charge >= 0.3 is 0 Å². The first-order valence-electron chi connectivity index (χ1n) is 6.75. The van der Waals surface area contributed by atoms with E-state index in [1.807, 2.05) is 13.0 Å². The second kappa shape index (κ2) is 6.89. The molecule has 1 atom stereocenters. The van der Waals surface area contributed by atoms with Gasteiger partial charge < -0.3 is 15.2 Å². The van der Waals surface area contributed by atoms with Gasteiger partial charge in [0.25, 0.3) is 5.91 Å². The van der Waals surface area contributed by atoms with Gasteiger partial charge in [-0.05, 0) is 31.9 Å². The van der Waals surface area contributed by atoms with Crippen molar-refractivity contribution in [3.8, 4) is 11.8 Å². The average Bonchev–Trinajstić information content (AvgIpc) is 3.06. The van der Waals surface area contributed by atoms with E-state index in [0.717, 1.165) is 24.3 Å². The van der Waals surface area contributed by atoms with Crippen LogP contribution in [0.1, 0.15) is 40.7 Å². The van der Waals surface area contributed by atoms with E-state index in [4.69, 9.17) is 9.84 Å². The molecule has 1 fully saturated rings. The molecule has 1 saturated heterocycles. The van der Waals surface area contributed by atoms with Crippen LogP contribution in [0.3, 0.4) is 0 Å². The number of hydrogen-bond acceptors (Lipinski definition) is 4. The molecule has 0 aliphatic carbocycles. The summed E-state index contributed by atoms with van der Waals surface area (Å²) >= 11 is 1.36. The van der Waals surface area contributed by atoms with Crippen molar-refractivity contribution >= 4 is 17.2 Å². The molecule has 2 rings (SSSR count). The number of carbonyl (C=O) groups excluding carboxylic acids is 1. The van der Waals surface area contributed by atoms with Gasteiger partial charge in [0.1, 0.15) is 0 Å². The molecule has 108 valence electrons. The van der Waals surface area contributed by atoms with Crippen molar-refractivity contribution in [2.45, 2.75) is 31.8 Å². The predicted octanol–water partition coefficient (Wildman–Crippen LogP) is 1.78. The molecule has 0 saturated carbocycles. The fraction of sp³-hybridized carbons (Fsp3) is 0.533. The van der Waals surface area contributed by atoms with Crippen molar-refractivity contribution in [2.75, 3.05) is 19.8 Å². The molecule has 1 amide bonds. The summed E-state index contributed by atoms with van der Waals surface area (Å²) in [7, 11) is 0. The monoisotopic (exact) mass is 293 g/mol. The van der Waals surface area contributed by atoms with Gasteiger partial charge in [-0.1, -0.05) is 11.8 Å². The number of hydrogen-bond donors (Lipinski definition) is 2. The number of thiophene rings is 1. The summed E-state index contributed by atoms with van der Waals surface area (Å²) in [6, 6.07) is 3.61. The molecule has 1 aliphatic rings. The van der Waals surface area contributed by atoms with Crippen molar-refractivity contribution < 1.29 is 14.6 Å². The summed E-state index contributed by atoms with van der Waals surface area (Å²) in [6.45, 7) is 3.40. The van der Waals surface area contributed by atoms with Crippen LogP contribution in [0, 0.1) is 11.8 Å². The molecule has 2 N–H and O–H groups in total. The zero-order valence-electron chi connectivity index (χ0n) is 11.6. The van der Waals surface area contributed by atoms with Gasteiger partial charge in [-0.25, -0.2) is 0 Å². The summed E-state index contributed by atoms with van der Waals surface area (Å²) in [5.41, 5.74) is -0.226. The Bertz CT molecular complexity index is 521. The van der Waals surface area contributed by atoms with E-state index in [9.17, 15) is 4.79 Å². The lowest BCUT2D eigenvalue weighted by molar-refractivity contribution is 0.0206. The van der Waals surface area contributed by atoms with Crippen molar-refractivity contribution in [3.05, 3.63) is 21.9 Å². The summed E-state index contributed by atoms with van der Waals surface area (Å²) in [6.07, 6.45) is 2.49. The number of ether oxygens (including phenoxy) is 1. The van der Waals surface area contributed by atoms with Crippen molar-refractivity contribution in [1.82, 2.24) is 5.32 Å². The molecule has 1 aliphatic heterocycles. The molecule has 0 spiro atoms. The minimum atomic E-state index is -0.226. The van der Waals surface area contributed by atoms with Crippen LogP contribution in [0.2, 0.25) is 0 Å². The molecule has 1 unspecified atom stereocenters. The molecule has 4 nitrogen and oxygen atoms in total. The van der Waals surface area contributed by atoms with Gasteiger partial charge in [0.05, 0.1) is 22.0 Å². The average molecular weight is 293 g/mol. The van der Waals surface area contributed by atoms with E-state index < -0.39 is 0 Å². The first-order chi connectivity index (χ1) is 9.63. The van der Waals surface area contributed by atoms with Gasteiger partial charge in [0.2, 0.25) is 0 Å². The molecule has 0 radical (unpaired) electrons. The largest absolute Gasteiger partial charge is 0.395 e. The second-order valence-electron chi connectivity index (χ2n) is 5.02. The number of aliphatic hydroxyl groups is 1. The molecule has 0 bridgehead atoms. The lowest BCUT2D eigenvalue weighted by Gasteiger charge is -2.23. The van der Waals surface area contributed by atoms with Crippen molar-refractivity contribution in [3.63, 3.8) is 0 Å². The van der Waals surface area contributed by atoms with Gasteiger partial charge in [-0.2, -0.15) is 0 Å². The summed E-state index contributed by atoms with van der Waals surface area (Å²) in [5.74, 6) is 5.69. The maximum absolute atomic E-state index is 12.0. The third-order valence-electron chi connectivity index (χ3n) is 3.20. The van der Waals surface area contributed by atoms with Crippen LogP contribution in [0.4, 0.5) is 0 Å². The molecule has 2 heterocycles. The Morgan fingerprint density at radius 1 is 1.60 bits per heavy atom. The lowest BCUT2D eigenvalue weighted by Crippen LogP contribution is -2.39.